The normalized spacial score (nSPS) is 12.9. The number of hydrogen-bond donors (Lipinski definition) is 1. The van der Waals surface area contributed by atoms with E-state index in [4.69, 9.17) is 11.6 Å². The summed E-state index contributed by atoms with van der Waals surface area (Å²) < 4.78 is 1.96. The average molecular weight is 270 g/mol. The van der Waals surface area contributed by atoms with E-state index >= 15 is 0 Å². The lowest BCUT2D eigenvalue weighted by atomic mass is 10.1. The van der Waals surface area contributed by atoms with E-state index in [-0.39, 0.29) is 6.04 Å². The summed E-state index contributed by atoms with van der Waals surface area (Å²) in [4.78, 5) is 1.35. The van der Waals surface area contributed by atoms with Crippen LogP contribution in [0.3, 0.4) is 0 Å². The Morgan fingerprint density at radius 2 is 2.41 bits per heavy atom. The molecule has 0 aromatic carbocycles. The highest BCUT2D eigenvalue weighted by atomic mass is 35.5. The van der Waals surface area contributed by atoms with E-state index < -0.39 is 0 Å². The lowest BCUT2D eigenvalue weighted by Gasteiger charge is -2.17. The Kier molecular flexibility index (Phi) is 4.20. The standard InChI is InChI=1S/C12H16ClN3S/c1-3-16-12(10(13)8-15-16)11(14-2)7-9-5-4-6-17-9/h4-6,8,11,14H,3,7H2,1-2H3. The van der Waals surface area contributed by atoms with Gasteiger partial charge in [-0.15, -0.1) is 11.3 Å². The van der Waals surface area contributed by atoms with E-state index in [9.17, 15) is 0 Å². The molecule has 0 spiro atoms. The molecular weight excluding hydrogens is 254 g/mol. The zero-order valence-corrected chi connectivity index (χ0v) is 11.6. The Morgan fingerprint density at radius 3 is 3.00 bits per heavy atom. The summed E-state index contributed by atoms with van der Waals surface area (Å²) in [6.45, 7) is 2.91. The summed E-state index contributed by atoms with van der Waals surface area (Å²) >= 11 is 7.99. The number of aryl methyl sites for hydroxylation is 1. The molecule has 1 N–H and O–H groups in total. The van der Waals surface area contributed by atoms with Crippen molar-refractivity contribution in [1.82, 2.24) is 15.1 Å². The van der Waals surface area contributed by atoms with Gasteiger partial charge in [-0.3, -0.25) is 4.68 Å². The molecule has 2 aromatic heterocycles. The van der Waals surface area contributed by atoms with Crippen LogP contribution in [0.5, 0.6) is 0 Å². The number of likely N-dealkylation sites (N-methyl/N-ethyl adjacent to an activating group) is 1. The zero-order valence-electron chi connectivity index (χ0n) is 9.98. The molecule has 0 amide bonds. The maximum Gasteiger partial charge on any atom is 0.0834 e. The van der Waals surface area contributed by atoms with Gasteiger partial charge in [-0.25, -0.2) is 0 Å². The van der Waals surface area contributed by atoms with Gasteiger partial charge in [0.1, 0.15) is 0 Å². The summed E-state index contributed by atoms with van der Waals surface area (Å²) in [6.07, 6.45) is 2.67. The molecule has 0 aliphatic heterocycles. The van der Waals surface area contributed by atoms with Crippen LogP contribution in [-0.4, -0.2) is 16.8 Å². The molecule has 3 nitrogen and oxygen atoms in total. The third-order valence-corrected chi connectivity index (χ3v) is 3.99. The monoisotopic (exact) mass is 269 g/mol. The van der Waals surface area contributed by atoms with Crippen molar-refractivity contribution in [3.63, 3.8) is 0 Å². The van der Waals surface area contributed by atoms with Gasteiger partial charge in [-0.2, -0.15) is 5.10 Å². The van der Waals surface area contributed by atoms with Gasteiger partial charge in [-0.05, 0) is 25.4 Å². The second-order valence-corrected chi connectivity index (χ2v) is 5.26. The number of aromatic nitrogens is 2. The van der Waals surface area contributed by atoms with E-state index in [0.29, 0.717) is 0 Å². The van der Waals surface area contributed by atoms with Crippen molar-refractivity contribution in [1.29, 1.82) is 0 Å². The second kappa shape index (κ2) is 5.67. The van der Waals surface area contributed by atoms with Crippen LogP contribution in [0.15, 0.2) is 23.7 Å². The molecule has 5 heteroatoms. The number of nitrogens with one attached hydrogen (secondary N) is 1. The number of nitrogens with zero attached hydrogens (tertiary/aromatic N) is 2. The van der Waals surface area contributed by atoms with E-state index in [2.05, 4.69) is 34.9 Å². The minimum absolute atomic E-state index is 0.212. The van der Waals surface area contributed by atoms with Gasteiger partial charge in [-0.1, -0.05) is 17.7 Å². The SMILES string of the molecule is CCn1ncc(Cl)c1C(Cc1cccs1)NC. The van der Waals surface area contributed by atoms with Crippen molar-refractivity contribution in [3.05, 3.63) is 39.3 Å². The first-order valence-corrected chi connectivity index (χ1v) is 6.92. The topological polar surface area (TPSA) is 29.9 Å². The lowest BCUT2D eigenvalue weighted by Crippen LogP contribution is -2.22. The molecule has 2 heterocycles. The Bertz CT molecular complexity index is 464. The van der Waals surface area contributed by atoms with Crippen molar-refractivity contribution >= 4 is 22.9 Å². The summed E-state index contributed by atoms with van der Waals surface area (Å²) in [5.41, 5.74) is 1.07. The minimum atomic E-state index is 0.212. The molecule has 1 atom stereocenters. The highest BCUT2D eigenvalue weighted by molar-refractivity contribution is 7.09. The molecular formula is C12H16ClN3S. The van der Waals surface area contributed by atoms with Crippen LogP contribution in [0.1, 0.15) is 23.5 Å². The summed E-state index contributed by atoms with van der Waals surface area (Å²) in [6, 6.07) is 4.43. The molecule has 17 heavy (non-hydrogen) atoms. The van der Waals surface area contributed by atoms with Gasteiger partial charge in [0.15, 0.2) is 0 Å². The van der Waals surface area contributed by atoms with Crippen molar-refractivity contribution in [2.75, 3.05) is 7.05 Å². The summed E-state index contributed by atoms with van der Waals surface area (Å²) in [5.74, 6) is 0. The molecule has 2 rings (SSSR count). The van der Waals surface area contributed by atoms with Crippen molar-refractivity contribution in [2.45, 2.75) is 25.9 Å². The molecule has 0 saturated carbocycles. The number of halogens is 1. The van der Waals surface area contributed by atoms with Gasteiger partial charge < -0.3 is 5.32 Å². The molecule has 0 radical (unpaired) electrons. The van der Waals surface area contributed by atoms with Crippen LogP contribution < -0.4 is 5.32 Å². The van der Waals surface area contributed by atoms with Crippen LogP contribution >= 0.6 is 22.9 Å². The van der Waals surface area contributed by atoms with Gasteiger partial charge in [0.2, 0.25) is 0 Å². The fourth-order valence-electron chi connectivity index (χ4n) is 1.94. The number of hydrogen-bond acceptors (Lipinski definition) is 3. The van der Waals surface area contributed by atoms with Gasteiger partial charge in [0.25, 0.3) is 0 Å². The Morgan fingerprint density at radius 1 is 1.59 bits per heavy atom. The Balaban J connectivity index is 2.25. The predicted octanol–water partition coefficient (Wildman–Crippen LogP) is 3.12. The van der Waals surface area contributed by atoms with Crippen LogP contribution in [0, 0.1) is 0 Å². The summed E-state index contributed by atoms with van der Waals surface area (Å²) in [7, 11) is 1.96. The maximum atomic E-state index is 6.22. The fraction of sp³-hybridized carbons (Fsp3) is 0.417. The van der Waals surface area contributed by atoms with E-state index in [1.165, 1.54) is 4.88 Å². The first-order valence-electron chi connectivity index (χ1n) is 5.67. The third kappa shape index (κ3) is 2.70. The largest absolute Gasteiger partial charge is 0.311 e. The lowest BCUT2D eigenvalue weighted by molar-refractivity contribution is 0.516. The highest BCUT2D eigenvalue weighted by Gasteiger charge is 2.19. The third-order valence-electron chi connectivity index (χ3n) is 2.80. The molecule has 0 aliphatic rings. The first kappa shape index (κ1) is 12.6. The van der Waals surface area contributed by atoms with Gasteiger partial charge in [0, 0.05) is 17.8 Å². The fourth-order valence-corrected chi connectivity index (χ4v) is 2.96. The van der Waals surface area contributed by atoms with Crippen LogP contribution in [0.2, 0.25) is 5.02 Å². The smallest absolute Gasteiger partial charge is 0.0834 e. The van der Waals surface area contributed by atoms with Crippen molar-refractivity contribution in [2.24, 2.45) is 0 Å². The summed E-state index contributed by atoms with van der Waals surface area (Å²) in [5, 5.41) is 10.4. The molecule has 2 aromatic rings. The van der Waals surface area contributed by atoms with Crippen LogP contribution in [-0.2, 0) is 13.0 Å². The van der Waals surface area contributed by atoms with Crippen molar-refractivity contribution in [3.8, 4) is 0 Å². The van der Waals surface area contributed by atoms with Crippen LogP contribution in [0.25, 0.3) is 0 Å². The van der Waals surface area contributed by atoms with E-state index in [1.807, 2.05) is 11.7 Å². The molecule has 0 fully saturated rings. The Labute approximate surface area is 110 Å². The molecule has 0 saturated heterocycles. The van der Waals surface area contributed by atoms with E-state index in [1.54, 1.807) is 17.5 Å². The van der Waals surface area contributed by atoms with E-state index in [0.717, 1.165) is 23.7 Å². The molecule has 92 valence electrons. The number of rotatable bonds is 5. The van der Waals surface area contributed by atoms with Crippen LogP contribution in [0.4, 0.5) is 0 Å². The average Bonchev–Trinajstić information content (AvgIpc) is 2.95. The van der Waals surface area contributed by atoms with Gasteiger partial charge in [0.05, 0.1) is 23.0 Å². The minimum Gasteiger partial charge on any atom is -0.311 e. The number of thiophene rings is 1. The molecule has 0 aliphatic carbocycles. The highest BCUT2D eigenvalue weighted by Crippen LogP contribution is 2.26. The molecule has 1 unspecified atom stereocenters. The zero-order chi connectivity index (χ0) is 12.3. The Hall–Kier alpha value is -0.840. The quantitative estimate of drug-likeness (QED) is 0.904. The maximum absolute atomic E-state index is 6.22. The van der Waals surface area contributed by atoms with Gasteiger partial charge >= 0.3 is 0 Å². The molecule has 0 bridgehead atoms. The van der Waals surface area contributed by atoms with Crippen molar-refractivity contribution < 1.29 is 0 Å². The predicted molar refractivity (Wildman–Crippen MR) is 72.7 cm³/mol. The first-order chi connectivity index (χ1) is 8.26. The second-order valence-electron chi connectivity index (χ2n) is 3.82.